The minimum absolute atomic E-state index is 0.0979. The van der Waals surface area contributed by atoms with E-state index in [0.717, 1.165) is 12.1 Å². The molecule has 1 amide bonds. The Hall–Kier alpha value is -3.02. The number of esters is 1. The molecule has 2 rings (SSSR count). The van der Waals surface area contributed by atoms with Crippen LogP contribution in [-0.2, 0) is 9.53 Å². The minimum atomic E-state index is -0.363. The zero-order chi connectivity index (χ0) is 18.1. The zero-order valence-electron chi connectivity index (χ0n) is 14.4. The summed E-state index contributed by atoms with van der Waals surface area (Å²) in [6.45, 7) is 2.43. The number of benzene rings is 2. The van der Waals surface area contributed by atoms with Crippen LogP contribution in [0.2, 0.25) is 0 Å². The summed E-state index contributed by atoms with van der Waals surface area (Å²) in [5, 5.41) is 5.79. The Bertz CT molecular complexity index is 714. The molecule has 0 bridgehead atoms. The predicted molar refractivity (Wildman–Crippen MR) is 97.1 cm³/mol. The monoisotopic (exact) mass is 342 g/mol. The fourth-order valence-corrected chi connectivity index (χ4v) is 2.14. The number of nitrogens with one attached hydrogen (secondary N) is 2. The van der Waals surface area contributed by atoms with Gasteiger partial charge in [0.25, 0.3) is 0 Å². The molecule has 0 aliphatic heterocycles. The van der Waals surface area contributed by atoms with Gasteiger partial charge in [0, 0.05) is 5.69 Å². The van der Waals surface area contributed by atoms with E-state index in [4.69, 9.17) is 9.47 Å². The lowest BCUT2D eigenvalue weighted by molar-refractivity contribution is -0.114. The number of amides is 1. The first-order valence-electron chi connectivity index (χ1n) is 8.08. The van der Waals surface area contributed by atoms with Crippen molar-refractivity contribution in [2.45, 2.75) is 13.3 Å². The molecular formula is C19H22N2O4. The van der Waals surface area contributed by atoms with Crippen LogP contribution in [0.25, 0.3) is 0 Å². The third-order valence-electron chi connectivity index (χ3n) is 3.39. The summed E-state index contributed by atoms with van der Waals surface area (Å²) in [5.41, 5.74) is 1.81. The van der Waals surface area contributed by atoms with Crippen LogP contribution in [0.15, 0.2) is 48.5 Å². The molecule has 6 heteroatoms. The number of hydrogen-bond acceptors (Lipinski definition) is 5. The number of hydrogen-bond donors (Lipinski definition) is 2. The molecule has 132 valence electrons. The number of rotatable bonds is 8. The van der Waals surface area contributed by atoms with E-state index in [9.17, 15) is 9.59 Å². The molecular weight excluding hydrogens is 320 g/mol. The molecule has 0 fully saturated rings. The van der Waals surface area contributed by atoms with Gasteiger partial charge in [0.1, 0.15) is 5.75 Å². The Morgan fingerprint density at radius 1 is 1.04 bits per heavy atom. The lowest BCUT2D eigenvalue weighted by atomic mass is 10.2. The van der Waals surface area contributed by atoms with Crippen molar-refractivity contribution in [2.75, 3.05) is 30.9 Å². The Morgan fingerprint density at radius 2 is 1.76 bits per heavy atom. The molecule has 0 spiro atoms. The molecule has 0 radical (unpaired) electrons. The number of methoxy groups -OCH3 is 1. The fourth-order valence-electron chi connectivity index (χ4n) is 2.14. The van der Waals surface area contributed by atoms with Crippen LogP contribution in [0.4, 0.5) is 11.4 Å². The van der Waals surface area contributed by atoms with Gasteiger partial charge in [-0.3, -0.25) is 4.79 Å². The predicted octanol–water partition coefficient (Wildman–Crippen LogP) is 3.31. The largest absolute Gasteiger partial charge is 0.495 e. The van der Waals surface area contributed by atoms with Crippen LogP contribution in [-0.4, -0.2) is 32.1 Å². The molecule has 0 aliphatic rings. The highest BCUT2D eigenvalue weighted by Gasteiger charge is 2.08. The zero-order valence-corrected chi connectivity index (χ0v) is 14.4. The maximum absolute atomic E-state index is 12.0. The number of para-hydroxylation sites is 2. The molecule has 0 heterocycles. The maximum Gasteiger partial charge on any atom is 0.338 e. The van der Waals surface area contributed by atoms with Gasteiger partial charge in [0.05, 0.1) is 31.5 Å². The fraction of sp³-hybridized carbons (Fsp3) is 0.263. The van der Waals surface area contributed by atoms with Gasteiger partial charge in [-0.1, -0.05) is 19.1 Å². The molecule has 0 atom stereocenters. The number of carbonyl (C=O) groups is 2. The summed E-state index contributed by atoms with van der Waals surface area (Å²) < 4.78 is 10.3. The molecule has 0 aliphatic carbocycles. The van der Waals surface area contributed by atoms with E-state index in [0.29, 0.717) is 23.6 Å². The molecule has 0 saturated carbocycles. The first-order valence-corrected chi connectivity index (χ1v) is 8.08. The molecule has 6 nitrogen and oxygen atoms in total. The molecule has 0 aromatic heterocycles. The van der Waals surface area contributed by atoms with E-state index in [1.807, 2.05) is 31.2 Å². The van der Waals surface area contributed by atoms with Gasteiger partial charge in [0.2, 0.25) is 5.91 Å². The van der Waals surface area contributed by atoms with Crippen LogP contribution >= 0.6 is 0 Å². The Morgan fingerprint density at radius 3 is 2.44 bits per heavy atom. The van der Waals surface area contributed by atoms with E-state index in [1.165, 1.54) is 0 Å². The summed E-state index contributed by atoms with van der Waals surface area (Å²) in [4.78, 5) is 23.8. The van der Waals surface area contributed by atoms with E-state index in [1.54, 1.807) is 31.4 Å². The Kier molecular flexibility index (Phi) is 6.83. The van der Waals surface area contributed by atoms with Crippen LogP contribution in [0, 0.1) is 0 Å². The summed E-state index contributed by atoms with van der Waals surface area (Å²) in [6, 6.07) is 14.0. The molecule has 2 aromatic rings. The van der Waals surface area contributed by atoms with Crippen LogP contribution < -0.4 is 15.4 Å². The van der Waals surface area contributed by atoms with Gasteiger partial charge in [-0.2, -0.15) is 0 Å². The van der Waals surface area contributed by atoms with E-state index < -0.39 is 0 Å². The third-order valence-corrected chi connectivity index (χ3v) is 3.39. The lowest BCUT2D eigenvalue weighted by Gasteiger charge is -2.11. The minimum Gasteiger partial charge on any atom is -0.495 e. The second-order valence-corrected chi connectivity index (χ2v) is 5.32. The number of ether oxygens (including phenoxy) is 2. The SMILES string of the molecule is CCCOC(=O)c1ccc(NC(=O)CNc2ccccc2OC)cc1. The standard InChI is InChI=1S/C19H22N2O4/c1-3-12-25-19(23)14-8-10-15(11-9-14)21-18(22)13-20-16-6-4-5-7-17(16)24-2/h4-11,20H,3,12-13H2,1-2H3,(H,21,22). The van der Waals surface area contributed by atoms with Crippen LogP contribution in [0.3, 0.4) is 0 Å². The van der Waals surface area contributed by atoms with Crippen molar-refractivity contribution in [1.82, 2.24) is 0 Å². The van der Waals surface area contributed by atoms with Crippen molar-refractivity contribution in [3.05, 3.63) is 54.1 Å². The van der Waals surface area contributed by atoms with Crippen molar-refractivity contribution in [2.24, 2.45) is 0 Å². The van der Waals surface area contributed by atoms with Gasteiger partial charge in [-0.25, -0.2) is 4.79 Å². The van der Waals surface area contributed by atoms with Crippen molar-refractivity contribution in [1.29, 1.82) is 0 Å². The van der Waals surface area contributed by atoms with Gasteiger partial charge in [-0.05, 0) is 42.8 Å². The first kappa shape index (κ1) is 18.3. The summed E-state index contributed by atoms with van der Waals surface area (Å²) in [7, 11) is 1.58. The Labute approximate surface area is 147 Å². The highest BCUT2D eigenvalue weighted by atomic mass is 16.5. The van der Waals surface area contributed by atoms with E-state index in [2.05, 4.69) is 10.6 Å². The van der Waals surface area contributed by atoms with Gasteiger partial charge >= 0.3 is 5.97 Å². The molecule has 0 unspecified atom stereocenters. The topological polar surface area (TPSA) is 76.7 Å². The highest BCUT2D eigenvalue weighted by Crippen LogP contribution is 2.22. The van der Waals surface area contributed by atoms with Crippen molar-refractivity contribution < 1.29 is 19.1 Å². The molecule has 2 N–H and O–H groups in total. The smallest absolute Gasteiger partial charge is 0.338 e. The second kappa shape index (κ2) is 9.32. The van der Waals surface area contributed by atoms with Crippen molar-refractivity contribution in [3.8, 4) is 5.75 Å². The average molecular weight is 342 g/mol. The molecule has 2 aromatic carbocycles. The highest BCUT2D eigenvalue weighted by molar-refractivity contribution is 5.95. The van der Waals surface area contributed by atoms with Gasteiger partial charge < -0.3 is 20.1 Å². The van der Waals surface area contributed by atoms with Crippen molar-refractivity contribution in [3.63, 3.8) is 0 Å². The quantitative estimate of drug-likeness (QED) is 0.720. The third kappa shape index (κ3) is 5.53. The lowest BCUT2D eigenvalue weighted by Crippen LogP contribution is -2.22. The van der Waals surface area contributed by atoms with E-state index >= 15 is 0 Å². The summed E-state index contributed by atoms with van der Waals surface area (Å²) in [6.07, 6.45) is 0.777. The normalized spacial score (nSPS) is 10.0. The van der Waals surface area contributed by atoms with Crippen LogP contribution in [0.5, 0.6) is 5.75 Å². The van der Waals surface area contributed by atoms with Crippen LogP contribution in [0.1, 0.15) is 23.7 Å². The summed E-state index contributed by atoms with van der Waals surface area (Å²) >= 11 is 0. The summed E-state index contributed by atoms with van der Waals surface area (Å²) in [5.74, 6) is 0.107. The van der Waals surface area contributed by atoms with Crippen molar-refractivity contribution >= 4 is 23.3 Å². The second-order valence-electron chi connectivity index (χ2n) is 5.32. The molecule has 25 heavy (non-hydrogen) atoms. The first-order chi connectivity index (χ1) is 12.1. The van der Waals surface area contributed by atoms with Gasteiger partial charge in [-0.15, -0.1) is 0 Å². The maximum atomic E-state index is 12.0. The average Bonchev–Trinajstić information content (AvgIpc) is 2.65. The van der Waals surface area contributed by atoms with E-state index in [-0.39, 0.29) is 18.4 Å². The number of anilines is 2. The Balaban J connectivity index is 1.87. The number of carbonyl (C=O) groups excluding carboxylic acids is 2. The molecule has 0 saturated heterocycles. The van der Waals surface area contributed by atoms with Gasteiger partial charge in [0.15, 0.2) is 0 Å².